The zero-order valence-corrected chi connectivity index (χ0v) is 14.1. The number of fused-ring (bicyclic) bond motifs is 1. The van der Waals surface area contributed by atoms with Crippen LogP contribution in [0, 0.1) is 0 Å². The minimum Gasteiger partial charge on any atom is -0.481 e. The number of benzene rings is 1. The quantitative estimate of drug-likeness (QED) is 0.859. The third-order valence-corrected chi connectivity index (χ3v) is 4.06. The first-order valence-corrected chi connectivity index (χ1v) is 7.90. The molecule has 0 saturated carbocycles. The maximum Gasteiger partial charge on any atom is 0.287 e. The number of halogens is 1. The average Bonchev–Trinajstić information content (AvgIpc) is 3.03. The van der Waals surface area contributed by atoms with Crippen LogP contribution in [-0.2, 0) is 0 Å². The number of amidine groups is 1. The van der Waals surface area contributed by atoms with Crippen LogP contribution in [0.25, 0.3) is 0 Å². The van der Waals surface area contributed by atoms with Crippen molar-refractivity contribution in [2.24, 2.45) is 15.1 Å². The molecule has 3 heterocycles. The van der Waals surface area contributed by atoms with Gasteiger partial charge in [-0.15, -0.1) is 0 Å². The lowest BCUT2D eigenvalue weighted by atomic mass is 10.3. The number of anilines is 1. The Kier molecular flexibility index (Phi) is 3.79. The van der Waals surface area contributed by atoms with Gasteiger partial charge in [-0.3, -0.25) is 4.99 Å². The smallest absolute Gasteiger partial charge is 0.287 e. The number of pyridine rings is 1. The summed E-state index contributed by atoms with van der Waals surface area (Å²) in [6, 6.07) is 11.0. The number of rotatable bonds is 3. The molecule has 2 aliphatic rings. The van der Waals surface area contributed by atoms with Gasteiger partial charge >= 0.3 is 0 Å². The molecular weight excluding hydrogens is 340 g/mol. The molecule has 1 aromatic heterocycles. The van der Waals surface area contributed by atoms with Gasteiger partial charge in [0, 0.05) is 22.8 Å². The second-order valence-corrected chi connectivity index (χ2v) is 5.78. The Balaban J connectivity index is 1.71. The first kappa shape index (κ1) is 15.5. The Hall–Kier alpha value is -3.03. The summed E-state index contributed by atoms with van der Waals surface area (Å²) in [7, 11) is 1.58. The second-order valence-electron chi connectivity index (χ2n) is 5.35. The summed E-state index contributed by atoms with van der Waals surface area (Å²) in [5.74, 6) is 1.69. The summed E-state index contributed by atoms with van der Waals surface area (Å²) in [5, 5.41) is 8.59. The van der Waals surface area contributed by atoms with E-state index in [9.17, 15) is 0 Å². The van der Waals surface area contributed by atoms with Gasteiger partial charge in [0.05, 0.1) is 19.5 Å². The normalized spacial score (nSPS) is 20.7. The lowest BCUT2D eigenvalue weighted by Gasteiger charge is -2.23. The largest absolute Gasteiger partial charge is 0.481 e. The van der Waals surface area contributed by atoms with E-state index in [1.807, 2.05) is 24.4 Å². The fourth-order valence-corrected chi connectivity index (χ4v) is 2.69. The van der Waals surface area contributed by atoms with Crippen LogP contribution in [0.1, 0.15) is 0 Å². The topological polar surface area (TPSA) is 71.2 Å². The molecule has 0 bridgehead atoms. The SMILES string of the molecule is COc1ccc([N+]23C=CN=CC2=NC(Nc2ccc(Cl)cc2)=N3)cn1. The van der Waals surface area contributed by atoms with Gasteiger partial charge in [-0.1, -0.05) is 16.2 Å². The fraction of sp³-hybridized carbons (Fsp3) is 0.0588. The lowest BCUT2D eigenvalue weighted by molar-refractivity contribution is 0.397. The summed E-state index contributed by atoms with van der Waals surface area (Å²) >= 11 is 5.92. The molecule has 1 unspecified atom stereocenters. The molecule has 2 aromatic rings. The Morgan fingerprint density at radius 1 is 1.12 bits per heavy atom. The van der Waals surface area contributed by atoms with Crippen molar-refractivity contribution in [2.45, 2.75) is 0 Å². The molecule has 0 spiro atoms. The van der Waals surface area contributed by atoms with Crippen LogP contribution in [0.15, 0.2) is 70.1 Å². The van der Waals surface area contributed by atoms with Crippen molar-refractivity contribution < 1.29 is 4.74 Å². The predicted molar refractivity (Wildman–Crippen MR) is 100 cm³/mol. The van der Waals surface area contributed by atoms with Crippen molar-refractivity contribution in [3.05, 3.63) is 60.0 Å². The first-order chi connectivity index (χ1) is 12.2. The van der Waals surface area contributed by atoms with Gasteiger partial charge in [0.1, 0.15) is 6.21 Å². The van der Waals surface area contributed by atoms with Gasteiger partial charge in [0.15, 0.2) is 11.9 Å². The molecule has 0 radical (unpaired) electrons. The van der Waals surface area contributed by atoms with E-state index >= 15 is 0 Å². The van der Waals surface area contributed by atoms with Gasteiger partial charge in [-0.2, -0.15) is 4.99 Å². The number of quaternary nitrogens is 1. The Labute approximate surface area is 149 Å². The van der Waals surface area contributed by atoms with Crippen LogP contribution >= 0.6 is 11.6 Å². The molecular formula is C17H14ClN6O+. The summed E-state index contributed by atoms with van der Waals surface area (Å²) in [5.41, 5.74) is 1.68. The number of hydrogen-bond donors (Lipinski definition) is 1. The number of ether oxygens (including phenoxy) is 1. The van der Waals surface area contributed by atoms with Gasteiger partial charge in [-0.05, 0) is 29.4 Å². The zero-order valence-electron chi connectivity index (χ0n) is 13.3. The molecule has 0 aliphatic carbocycles. The van der Waals surface area contributed by atoms with E-state index < -0.39 is 0 Å². The van der Waals surface area contributed by atoms with Crippen LogP contribution in [0.4, 0.5) is 11.4 Å². The summed E-state index contributed by atoms with van der Waals surface area (Å²) in [4.78, 5) is 13.0. The number of guanidine groups is 1. The predicted octanol–water partition coefficient (Wildman–Crippen LogP) is 3.40. The molecule has 0 saturated heterocycles. The van der Waals surface area contributed by atoms with E-state index in [0.717, 1.165) is 11.4 Å². The lowest BCUT2D eigenvalue weighted by Crippen LogP contribution is -2.44. The average molecular weight is 354 g/mol. The molecule has 1 atom stereocenters. The number of methoxy groups -OCH3 is 1. The van der Waals surface area contributed by atoms with Crippen LogP contribution in [0.2, 0.25) is 5.02 Å². The van der Waals surface area contributed by atoms with Crippen molar-refractivity contribution in [1.82, 2.24) is 9.58 Å². The monoisotopic (exact) mass is 353 g/mol. The summed E-state index contributed by atoms with van der Waals surface area (Å²) in [6.45, 7) is 0. The highest BCUT2D eigenvalue weighted by atomic mass is 35.5. The van der Waals surface area contributed by atoms with Crippen LogP contribution in [0.3, 0.4) is 0 Å². The number of nitrogens with one attached hydrogen (secondary N) is 1. The number of aliphatic imine (C=N–C) groups is 2. The highest BCUT2D eigenvalue weighted by molar-refractivity contribution is 6.38. The number of aromatic nitrogens is 1. The van der Waals surface area contributed by atoms with E-state index in [0.29, 0.717) is 22.7 Å². The van der Waals surface area contributed by atoms with Crippen molar-refractivity contribution in [3.63, 3.8) is 0 Å². The molecule has 25 heavy (non-hydrogen) atoms. The highest BCUT2D eigenvalue weighted by Gasteiger charge is 2.43. The Bertz CT molecular complexity index is 917. The van der Waals surface area contributed by atoms with E-state index in [2.05, 4.69) is 20.3 Å². The standard InChI is InChI=1S/C17H14ClN6O/c1-25-16-7-6-14(10-20-16)24-9-8-19-11-15(24)22-17(23-24)21-13-4-2-12(18)3-5-13/h2-11H,1H3,(H,21,23)/q+1. The molecule has 4 rings (SSSR count). The van der Waals surface area contributed by atoms with E-state index in [-0.39, 0.29) is 4.59 Å². The fourth-order valence-electron chi connectivity index (χ4n) is 2.57. The Morgan fingerprint density at radius 3 is 2.68 bits per heavy atom. The summed E-state index contributed by atoms with van der Waals surface area (Å²) < 4.78 is 5.19. The summed E-state index contributed by atoms with van der Waals surface area (Å²) in [6.07, 6.45) is 6.94. The van der Waals surface area contributed by atoms with Gasteiger partial charge in [-0.25, -0.2) is 4.98 Å². The maximum absolute atomic E-state index is 5.92. The second kappa shape index (κ2) is 6.12. The van der Waals surface area contributed by atoms with Crippen molar-refractivity contribution in [2.75, 3.05) is 12.4 Å². The van der Waals surface area contributed by atoms with Gasteiger partial charge in [0.2, 0.25) is 5.88 Å². The molecule has 124 valence electrons. The molecule has 0 fully saturated rings. The molecule has 1 N–H and O–H groups in total. The van der Waals surface area contributed by atoms with Crippen molar-refractivity contribution in [1.29, 1.82) is 0 Å². The number of nitrogens with zero attached hydrogens (tertiary/aromatic N) is 5. The molecule has 2 aliphatic heterocycles. The Morgan fingerprint density at radius 2 is 1.96 bits per heavy atom. The third-order valence-electron chi connectivity index (χ3n) is 3.80. The van der Waals surface area contributed by atoms with Crippen molar-refractivity contribution in [3.8, 4) is 5.88 Å². The van der Waals surface area contributed by atoms with Crippen molar-refractivity contribution >= 4 is 41.0 Å². The molecule has 0 amide bonds. The molecule has 7 nitrogen and oxygen atoms in total. The third kappa shape index (κ3) is 2.79. The van der Waals surface area contributed by atoms with Crippen LogP contribution in [-0.4, -0.2) is 30.1 Å². The van der Waals surface area contributed by atoms with Crippen LogP contribution in [0.5, 0.6) is 5.88 Å². The van der Waals surface area contributed by atoms with E-state index in [1.165, 1.54) is 0 Å². The minimum absolute atomic E-state index is 0.0659. The van der Waals surface area contributed by atoms with E-state index in [4.69, 9.17) is 21.4 Å². The molecule has 8 heteroatoms. The zero-order chi connectivity index (χ0) is 17.3. The first-order valence-electron chi connectivity index (χ1n) is 7.52. The maximum atomic E-state index is 5.92. The van der Waals surface area contributed by atoms with Gasteiger partial charge in [0.25, 0.3) is 11.8 Å². The number of hydrogen-bond acceptors (Lipinski definition) is 6. The van der Waals surface area contributed by atoms with Gasteiger partial charge < -0.3 is 10.1 Å². The van der Waals surface area contributed by atoms with E-state index in [1.54, 1.807) is 43.9 Å². The molecule has 1 aromatic carbocycles. The van der Waals surface area contributed by atoms with Crippen LogP contribution < -0.4 is 14.6 Å². The highest BCUT2D eigenvalue weighted by Crippen LogP contribution is 2.31. The minimum atomic E-state index is 0.0659.